The number of nitrogens with one attached hydrogen (secondary N) is 1. The number of nitrogens with two attached hydrogens (primary N) is 1. The summed E-state index contributed by atoms with van der Waals surface area (Å²) in [6, 6.07) is 5.83. The molecule has 0 bridgehead atoms. The molecule has 0 saturated carbocycles. The predicted octanol–water partition coefficient (Wildman–Crippen LogP) is 3.42. The third kappa shape index (κ3) is 4.29. The van der Waals surface area contributed by atoms with Crippen molar-refractivity contribution < 1.29 is 24.2 Å². The van der Waals surface area contributed by atoms with Gasteiger partial charge in [-0.25, -0.2) is 19.2 Å². The van der Waals surface area contributed by atoms with Crippen molar-refractivity contribution in [1.29, 1.82) is 0 Å². The highest BCUT2D eigenvalue weighted by Gasteiger charge is 2.21. The van der Waals surface area contributed by atoms with Crippen LogP contribution in [0.15, 0.2) is 30.5 Å². The number of carboxylic acid groups (broad SMARTS) is 1. The number of carboxylic acids is 1. The zero-order chi connectivity index (χ0) is 22.2. The lowest BCUT2D eigenvalue weighted by atomic mass is 9.96. The van der Waals surface area contributed by atoms with E-state index in [0.717, 1.165) is 11.3 Å². The zero-order valence-corrected chi connectivity index (χ0v) is 17.2. The number of aromatic carboxylic acids is 1. The summed E-state index contributed by atoms with van der Waals surface area (Å²) in [5.74, 6) is -2.26. The maximum Gasteiger partial charge on any atom is 0.356 e. The number of amides is 1. The summed E-state index contributed by atoms with van der Waals surface area (Å²) in [5, 5.41) is 22.3. The van der Waals surface area contributed by atoms with Gasteiger partial charge >= 0.3 is 5.97 Å². The summed E-state index contributed by atoms with van der Waals surface area (Å²) in [7, 11) is 0. The number of hydrogen-bond acceptors (Lipinski definition) is 7. The number of benzene rings is 1. The summed E-state index contributed by atoms with van der Waals surface area (Å²) in [6.07, 6.45) is 1.22. The highest BCUT2D eigenvalue weighted by Crippen LogP contribution is 2.38. The van der Waals surface area contributed by atoms with Crippen LogP contribution < -0.4 is 11.1 Å². The van der Waals surface area contributed by atoms with Crippen molar-refractivity contribution in [3.63, 3.8) is 0 Å². The summed E-state index contributed by atoms with van der Waals surface area (Å²) >= 11 is 1.08. The number of primary amides is 1. The Kier molecular flexibility index (Phi) is 5.55. The number of hydrogen-bond donors (Lipinski definition) is 4. The van der Waals surface area contributed by atoms with Gasteiger partial charge in [-0.2, -0.15) is 0 Å². The average Bonchev–Trinajstić information content (AvgIpc) is 3.04. The number of halogens is 1. The van der Waals surface area contributed by atoms with Gasteiger partial charge in [-0.05, 0) is 38.5 Å². The van der Waals surface area contributed by atoms with Gasteiger partial charge in [0, 0.05) is 10.4 Å². The second-order valence-corrected chi connectivity index (χ2v) is 8.14. The molecule has 0 fully saturated rings. The average molecular weight is 430 g/mol. The van der Waals surface area contributed by atoms with E-state index in [1.165, 1.54) is 31.3 Å². The van der Waals surface area contributed by atoms with Crippen molar-refractivity contribution in [3.8, 4) is 10.4 Å². The van der Waals surface area contributed by atoms with Crippen LogP contribution in [0.3, 0.4) is 0 Å². The highest BCUT2D eigenvalue weighted by molar-refractivity contribution is 7.19. The molecule has 1 aromatic carbocycles. The molecule has 0 spiro atoms. The molecule has 2 heterocycles. The van der Waals surface area contributed by atoms with Crippen LogP contribution in [0.4, 0.5) is 15.2 Å². The summed E-state index contributed by atoms with van der Waals surface area (Å²) < 4.78 is 14.7. The van der Waals surface area contributed by atoms with Crippen molar-refractivity contribution >= 4 is 34.0 Å². The summed E-state index contributed by atoms with van der Waals surface area (Å²) in [4.78, 5) is 31.4. The van der Waals surface area contributed by atoms with Gasteiger partial charge in [-0.1, -0.05) is 12.1 Å². The molecule has 0 atom stereocenters. The van der Waals surface area contributed by atoms with Crippen molar-refractivity contribution in [2.75, 3.05) is 5.32 Å². The van der Waals surface area contributed by atoms with Crippen molar-refractivity contribution in [2.45, 2.75) is 26.4 Å². The Morgan fingerprint density at radius 1 is 1.27 bits per heavy atom. The standard InChI is InChI=1S/C20H19FN4O4S/c1-9-16(19(27)28)23-8-15(24-9)25-18-12(17(22)26)7-14(30-18)11-5-4-10(6-13(11)21)20(2,3)29/h4-8,29H,1-3H3,(H2,22,26)(H,24,25)(H,27,28). The Bertz CT molecular complexity index is 1150. The lowest BCUT2D eigenvalue weighted by Crippen LogP contribution is -2.15. The molecule has 2 aromatic heterocycles. The van der Waals surface area contributed by atoms with Crippen molar-refractivity contribution in [2.24, 2.45) is 5.73 Å². The van der Waals surface area contributed by atoms with Crippen LogP contribution in [0.1, 0.15) is 46.0 Å². The molecule has 0 radical (unpaired) electrons. The van der Waals surface area contributed by atoms with Gasteiger partial charge in [0.05, 0.1) is 23.1 Å². The van der Waals surface area contributed by atoms with E-state index in [-0.39, 0.29) is 28.3 Å². The minimum Gasteiger partial charge on any atom is -0.476 e. The fourth-order valence-electron chi connectivity index (χ4n) is 2.76. The number of thiophene rings is 1. The van der Waals surface area contributed by atoms with Crippen LogP contribution >= 0.6 is 11.3 Å². The monoisotopic (exact) mass is 430 g/mol. The first kappa shape index (κ1) is 21.3. The highest BCUT2D eigenvalue weighted by atomic mass is 32.1. The molecule has 0 aliphatic heterocycles. The van der Waals surface area contributed by atoms with Crippen LogP contribution in [0.25, 0.3) is 10.4 Å². The normalized spacial score (nSPS) is 11.4. The molecule has 8 nitrogen and oxygen atoms in total. The van der Waals surface area contributed by atoms with Crippen molar-refractivity contribution in [3.05, 3.63) is 58.8 Å². The maximum atomic E-state index is 14.7. The van der Waals surface area contributed by atoms with E-state index in [2.05, 4.69) is 15.3 Å². The molecule has 0 unspecified atom stereocenters. The fraction of sp³-hybridized carbons (Fsp3) is 0.200. The number of carbonyl (C=O) groups excluding carboxylic acids is 1. The number of rotatable bonds is 6. The molecule has 1 amide bonds. The van der Waals surface area contributed by atoms with E-state index >= 15 is 0 Å². The second kappa shape index (κ2) is 7.81. The Balaban J connectivity index is 2.00. The molecule has 3 aromatic rings. The molecule has 3 rings (SSSR count). The van der Waals surface area contributed by atoms with E-state index in [1.807, 2.05) is 0 Å². The van der Waals surface area contributed by atoms with Gasteiger partial charge in [0.15, 0.2) is 5.69 Å². The lowest BCUT2D eigenvalue weighted by Gasteiger charge is -2.18. The molecule has 0 aliphatic rings. The summed E-state index contributed by atoms with van der Waals surface area (Å²) in [5.41, 5.74) is 5.06. The molecular weight excluding hydrogens is 411 g/mol. The molecule has 5 N–H and O–H groups in total. The van der Waals surface area contributed by atoms with Gasteiger partial charge in [-0.15, -0.1) is 11.3 Å². The van der Waals surface area contributed by atoms with E-state index < -0.39 is 23.3 Å². The van der Waals surface area contributed by atoms with Crippen molar-refractivity contribution in [1.82, 2.24) is 9.97 Å². The van der Waals surface area contributed by atoms with E-state index in [0.29, 0.717) is 15.4 Å². The van der Waals surface area contributed by atoms with E-state index in [4.69, 9.17) is 10.8 Å². The Labute approximate surface area is 175 Å². The zero-order valence-electron chi connectivity index (χ0n) is 16.4. The maximum absolute atomic E-state index is 14.7. The first-order chi connectivity index (χ1) is 14.0. The van der Waals surface area contributed by atoms with Gasteiger partial charge < -0.3 is 21.3 Å². The van der Waals surface area contributed by atoms with Gasteiger partial charge in [-0.3, -0.25) is 4.79 Å². The topological polar surface area (TPSA) is 138 Å². The van der Waals surface area contributed by atoms with Gasteiger partial charge in [0.25, 0.3) is 5.91 Å². The van der Waals surface area contributed by atoms with E-state index in [9.17, 15) is 19.1 Å². The minimum atomic E-state index is -1.20. The van der Waals surface area contributed by atoms with Crippen LogP contribution in [0.5, 0.6) is 0 Å². The lowest BCUT2D eigenvalue weighted by molar-refractivity contribution is 0.0688. The molecule has 0 saturated heterocycles. The van der Waals surface area contributed by atoms with E-state index in [1.54, 1.807) is 19.9 Å². The Morgan fingerprint density at radius 2 is 1.97 bits per heavy atom. The van der Waals surface area contributed by atoms with Crippen LogP contribution in [-0.4, -0.2) is 32.1 Å². The first-order valence-electron chi connectivity index (χ1n) is 8.77. The molecule has 156 valence electrons. The smallest absolute Gasteiger partial charge is 0.356 e. The van der Waals surface area contributed by atoms with Gasteiger partial charge in [0.1, 0.15) is 16.6 Å². The number of anilines is 2. The quantitative estimate of drug-likeness (QED) is 0.470. The number of aryl methyl sites for hydroxylation is 1. The minimum absolute atomic E-state index is 0.128. The van der Waals surface area contributed by atoms with Gasteiger partial charge in [0.2, 0.25) is 0 Å². The second-order valence-electron chi connectivity index (χ2n) is 7.09. The third-order valence-electron chi connectivity index (χ3n) is 4.33. The number of nitrogens with zero attached hydrogens (tertiary/aromatic N) is 2. The molecule has 30 heavy (non-hydrogen) atoms. The number of aliphatic hydroxyl groups is 1. The SMILES string of the molecule is Cc1nc(Nc2sc(-c3ccc(C(C)(C)O)cc3F)cc2C(N)=O)cnc1C(=O)O. The Hall–Kier alpha value is -3.37. The Morgan fingerprint density at radius 3 is 2.50 bits per heavy atom. The van der Waals surface area contributed by atoms with Crippen LogP contribution in [-0.2, 0) is 5.60 Å². The van der Waals surface area contributed by atoms with Crippen LogP contribution in [0, 0.1) is 12.7 Å². The number of aromatic nitrogens is 2. The first-order valence-corrected chi connectivity index (χ1v) is 9.59. The molecule has 10 heteroatoms. The number of carbonyl (C=O) groups is 2. The summed E-state index contributed by atoms with van der Waals surface area (Å²) in [6.45, 7) is 4.60. The fourth-order valence-corrected chi connectivity index (χ4v) is 3.86. The predicted molar refractivity (Wildman–Crippen MR) is 110 cm³/mol. The largest absolute Gasteiger partial charge is 0.476 e. The van der Waals surface area contributed by atoms with Crippen LogP contribution in [0.2, 0.25) is 0 Å². The third-order valence-corrected chi connectivity index (χ3v) is 5.41. The molecular formula is C20H19FN4O4S. The molecule has 0 aliphatic carbocycles.